The van der Waals surface area contributed by atoms with E-state index < -0.39 is 0 Å². The highest BCUT2D eigenvalue weighted by Gasteiger charge is 2.04. The summed E-state index contributed by atoms with van der Waals surface area (Å²) in [5, 5.41) is 3.08. The highest BCUT2D eigenvalue weighted by molar-refractivity contribution is 5.42. The molecule has 15 heavy (non-hydrogen) atoms. The molecule has 1 rings (SSSR count). The van der Waals surface area contributed by atoms with E-state index in [1.54, 1.807) is 14.2 Å². The molecule has 0 spiro atoms. The van der Waals surface area contributed by atoms with E-state index in [4.69, 9.17) is 14.2 Å². The van der Waals surface area contributed by atoms with Crippen LogP contribution in [-0.4, -0.2) is 28.1 Å². The van der Waals surface area contributed by atoms with Crippen molar-refractivity contribution in [2.24, 2.45) is 0 Å². The third-order valence-electron chi connectivity index (χ3n) is 1.94. The molecule has 84 valence electrons. The lowest BCUT2D eigenvalue weighted by Gasteiger charge is -2.11. The van der Waals surface area contributed by atoms with Crippen LogP contribution in [0.25, 0.3) is 0 Å². The summed E-state index contributed by atoms with van der Waals surface area (Å²) in [6.07, 6.45) is 0. The van der Waals surface area contributed by atoms with Crippen LogP contribution in [0.1, 0.15) is 5.56 Å². The molecule has 1 aromatic rings. The number of ether oxygens (including phenoxy) is 3. The van der Waals surface area contributed by atoms with Gasteiger partial charge in [-0.2, -0.15) is 0 Å². The van der Waals surface area contributed by atoms with Gasteiger partial charge >= 0.3 is 0 Å². The first-order valence-corrected chi connectivity index (χ1v) is 4.75. The Hall–Kier alpha value is -1.26. The summed E-state index contributed by atoms with van der Waals surface area (Å²) in [4.78, 5) is 0. The Morgan fingerprint density at radius 3 is 2.60 bits per heavy atom. The lowest BCUT2D eigenvalue weighted by Crippen LogP contribution is -2.06. The summed E-state index contributed by atoms with van der Waals surface area (Å²) in [5.41, 5.74) is 1.15. The fraction of sp³-hybridized carbons (Fsp3) is 0.455. The maximum atomic E-state index is 5.34. The Kier molecular flexibility index (Phi) is 4.93. The Labute approximate surface area is 90.1 Å². The van der Waals surface area contributed by atoms with Crippen molar-refractivity contribution < 1.29 is 14.2 Å². The lowest BCUT2D eigenvalue weighted by atomic mass is 10.2. The van der Waals surface area contributed by atoms with Crippen LogP contribution in [0.15, 0.2) is 18.2 Å². The maximum Gasteiger partial charge on any atom is 0.188 e. The SMILES string of the molecule is CNCc1ccc(OCOC)c(OC)c1. The van der Waals surface area contributed by atoms with E-state index in [9.17, 15) is 0 Å². The van der Waals surface area contributed by atoms with Gasteiger partial charge in [0.1, 0.15) is 0 Å². The van der Waals surface area contributed by atoms with E-state index >= 15 is 0 Å². The number of benzene rings is 1. The summed E-state index contributed by atoms with van der Waals surface area (Å²) in [6, 6.07) is 5.82. The molecule has 0 saturated heterocycles. The van der Waals surface area contributed by atoms with E-state index in [2.05, 4.69) is 5.32 Å². The van der Waals surface area contributed by atoms with Gasteiger partial charge in [-0.25, -0.2) is 0 Å². The fourth-order valence-electron chi connectivity index (χ4n) is 1.27. The number of hydrogen-bond donors (Lipinski definition) is 1. The quantitative estimate of drug-likeness (QED) is 0.722. The number of nitrogens with one attached hydrogen (secondary N) is 1. The fourth-order valence-corrected chi connectivity index (χ4v) is 1.27. The van der Waals surface area contributed by atoms with Crippen molar-refractivity contribution in [3.63, 3.8) is 0 Å². The molecule has 0 saturated carbocycles. The predicted octanol–water partition coefficient (Wildman–Crippen LogP) is 1.40. The minimum absolute atomic E-state index is 0.224. The Balaban J connectivity index is 2.78. The third kappa shape index (κ3) is 3.42. The molecule has 0 heterocycles. The van der Waals surface area contributed by atoms with E-state index in [-0.39, 0.29) is 6.79 Å². The summed E-state index contributed by atoms with van der Waals surface area (Å²) in [7, 11) is 5.11. The minimum atomic E-state index is 0.224. The van der Waals surface area contributed by atoms with E-state index in [0.29, 0.717) is 5.75 Å². The zero-order valence-corrected chi connectivity index (χ0v) is 9.37. The first-order valence-electron chi connectivity index (χ1n) is 4.75. The van der Waals surface area contributed by atoms with Crippen molar-refractivity contribution in [1.29, 1.82) is 0 Å². The predicted molar refractivity (Wildman–Crippen MR) is 58.3 cm³/mol. The van der Waals surface area contributed by atoms with Crippen molar-refractivity contribution in [2.45, 2.75) is 6.54 Å². The van der Waals surface area contributed by atoms with Gasteiger partial charge < -0.3 is 19.5 Å². The van der Waals surface area contributed by atoms with Gasteiger partial charge in [0.05, 0.1) is 7.11 Å². The normalized spacial score (nSPS) is 10.1. The molecular formula is C11H17NO3. The standard InChI is InChI=1S/C11H17NO3/c1-12-7-9-4-5-10(15-8-13-2)11(6-9)14-3/h4-6,12H,7-8H2,1-3H3. The smallest absolute Gasteiger partial charge is 0.188 e. The average molecular weight is 211 g/mol. The Morgan fingerprint density at radius 1 is 1.20 bits per heavy atom. The van der Waals surface area contributed by atoms with Crippen LogP contribution in [0, 0.1) is 0 Å². The van der Waals surface area contributed by atoms with Gasteiger partial charge in [0, 0.05) is 13.7 Å². The van der Waals surface area contributed by atoms with Gasteiger partial charge in [-0.15, -0.1) is 0 Å². The van der Waals surface area contributed by atoms with E-state index in [1.165, 1.54) is 0 Å². The van der Waals surface area contributed by atoms with Crippen LogP contribution in [0.3, 0.4) is 0 Å². The molecule has 4 heteroatoms. The molecule has 0 aliphatic rings. The molecule has 1 N–H and O–H groups in total. The van der Waals surface area contributed by atoms with Crippen molar-refractivity contribution in [3.8, 4) is 11.5 Å². The number of hydrogen-bond acceptors (Lipinski definition) is 4. The average Bonchev–Trinajstić information content (AvgIpc) is 2.27. The van der Waals surface area contributed by atoms with Gasteiger partial charge in [-0.05, 0) is 24.7 Å². The van der Waals surface area contributed by atoms with Gasteiger partial charge in [-0.1, -0.05) is 6.07 Å². The maximum absolute atomic E-state index is 5.34. The first kappa shape index (κ1) is 11.8. The second kappa shape index (κ2) is 6.27. The highest BCUT2D eigenvalue weighted by Crippen LogP contribution is 2.27. The van der Waals surface area contributed by atoms with Crippen molar-refractivity contribution in [3.05, 3.63) is 23.8 Å². The molecule has 0 bridgehead atoms. The van der Waals surface area contributed by atoms with E-state index in [1.807, 2.05) is 25.2 Å². The van der Waals surface area contributed by atoms with Gasteiger partial charge in [0.25, 0.3) is 0 Å². The second-order valence-corrected chi connectivity index (χ2v) is 3.07. The molecule has 0 fully saturated rings. The summed E-state index contributed by atoms with van der Waals surface area (Å²) in [5.74, 6) is 1.42. The van der Waals surface area contributed by atoms with Crippen LogP contribution in [0.4, 0.5) is 0 Å². The zero-order valence-electron chi connectivity index (χ0n) is 9.37. The van der Waals surface area contributed by atoms with Gasteiger partial charge in [0.15, 0.2) is 18.3 Å². The molecule has 0 aliphatic heterocycles. The number of methoxy groups -OCH3 is 2. The van der Waals surface area contributed by atoms with Crippen molar-refractivity contribution in [2.75, 3.05) is 28.1 Å². The molecular weight excluding hydrogens is 194 g/mol. The van der Waals surface area contributed by atoms with Crippen LogP contribution < -0.4 is 14.8 Å². The molecule has 0 unspecified atom stereocenters. The van der Waals surface area contributed by atoms with Crippen LogP contribution in [0.5, 0.6) is 11.5 Å². The summed E-state index contributed by atoms with van der Waals surface area (Å²) >= 11 is 0. The van der Waals surface area contributed by atoms with Crippen molar-refractivity contribution in [1.82, 2.24) is 5.32 Å². The van der Waals surface area contributed by atoms with Crippen LogP contribution in [-0.2, 0) is 11.3 Å². The highest BCUT2D eigenvalue weighted by atomic mass is 16.7. The van der Waals surface area contributed by atoms with Gasteiger partial charge in [0.2, 0.25) is 0 Å². The number of rotatable bonds is 6. The summed E-state index contributed by atoms with van der Waals surface area (Å²) < 4.78 is 15.4. The second-order valence-electron chi connectivity index (χ2n) is 3.07. The zero-order chi connectivity index (χ0) is 11.1. The molecule has 0 amide bonds. The molecule has 4 nitrogen and oxygen atoms in total. The Bertz CT molecular complexity index is 302. The van der Waals surface area contributed by atoms with Crippen LogP contribution in [0.2, 0.25) is 0 Å². The molecule has 0 aliphatic carbocycles. The summed E-state index contributed by atoms with van der Waals surface area (Å²) in [6.45, 7) is 1.03. The molecule has 0 aromatic heterocycles. The topological polar surface area (TPSA) is 39.7 Å². The van der Waals surface area contributed by atoms with Crippen molar-refractivity contribution >= 4 is 0 Å². The minimum Gasteiger partial charge on any atom is -0.493 e. The van der Waals surface area contributed by atoms with Crippen LogP contribution >= 0.6 is 0 Å². The lowest BCUT2D eigenvalue weighted by molar-refractivity contribution is 0.0491. The van der Waals surface area contributed by atoms with Gasteiger partial charge in [-0.3, -0.25) is 0 Å². The van der Waals surface area contributed by atoms with E-state index in [0.717, 1.165) is 17.9 Å². The third-order valence-corrected chi connectivity index (χ3v) is 1.94. The first-order chi connectivity index (χ1) is 7.31. The monoisotopic (exact) mass is 211 g/mol. The molecule has 0 radical (unpaired) electrons. The largest absolute Gasteiger partial charge is 0.493 e. The molecule has 1 aromatic carbocycles. The molecule has 0 atom stereocenters. The Morgan fingerprint density at radius 2 is 2.00 bits per heavy atom.